The van der Waals surface area contributed by atoms with Crippen molar-refractivity contribution in [2.45, 2.75) is 0 Å². The molecule has 2 aromatic rings. The second-order valence-electron chi connectivity index (χ2n) is 3.17. The van der Waals surface area contributed by atoms with Gasteiger partial charge in [0.15, 0.2) is 0 Å². The van der Waals surface area contributed by atoms with Gasteiger partial charge < -0.3 is 5.32 Å². The van der Waals surface area contributed by atoms with Gasteiger partial charge in [0.1, 0.15) is 23.3 Å². The summed E-state index contributed by atoms with van der Waals surface area (Å²) in [4.78, 5) is 0. The number of nitrogens with zero attached hydrogens (tertiary/aromatic N) is 4. The number of halogens is 2. The molecule has 0 radical (unpaired) electrons. The van der Waals surface area contributed by atoms with Gasteiger partial charge in [0.05, 0.1) is 5.69 Å². The fraction of sp³-hybridized carbons (Fsp3) is 0. The zero-order valence-corrected chi connectivity index (χ0v) is 8.85. The largest absolute Gasteiger partial charge is 0.358 e. The van der Waals surface area contributed by atoms with Gasteiger partial charge in [0.25, 0.3) is 0 Å². The number of H-pyrrole nitrogens is 1. The van der Waals surface area contributed by atoms with Crippen LogP contribution in [0.25, 0.3) is 5.57 Å². The summed E-state index contributed by atoms with van der Waals surface area (Å²) < 4.78 is 26.0. The number of nitriles is 1. The maximum Gasteiger partial charge on any atom is 0.216 e. The summed E-state index contributed by atoms with van der Waals surface area (Å²) in [6.45, 7) is 0. The molecule has 8 heteroatoms. The minimum atomic E-state index is -0.767. The van der Waals surface area contributed by atoms with Crippen molar-refractivity contribution >= 4 is 11.3 Å². The normalized spacial score (nSPS) is 11.1. The molecule has 0 bridgehead atoms. The van der Waals surface area contributed by atoms with Gasteiger partial charge in [0, 0.05) is 12.3 Å². The molecule has 0 spiro atoms. The summed E-state index contributed by atoms with van der Waals surface area (Å²) in [5.41, 5.74) is 0.0973. The quantitative estimate of drug-likeness (QED) is 0.802. The average Bonchev–Trinajstić information content (AvgIpc) is 2.86. The monoisotopic (exact) mass is 248 g/mol. The van der Waals surface area contributed by atoms with E-state index in [9.17, 15) is 8.78 Å². The van der Waals surface area contributed by atoms with Crippen molar-refractivity contribution in [2.24, 2.45) is 0 Å². The number of rotatable bonds is 3. The molecular formula is C10H6F2N6. The Morgan fingerprint density at radius 1 is 1.44 bits per heavy atom. The van der Waals surface area contributed by atoms with Crippen molar-refractivity contribution in [3.05, 3.63) is 41.9 Å². The van der Waals surface area contributed by atoms with Crippen molar-refractivity contribution in [2.75, 3.05) is 5.32 Å². The Kier molecular flexibility index (Phi) is 3.24. The Bertz CT molecular complexity index is 614. The minimum Gasteiger partial charge on any atom is -0.358 e. The van der Waals surface area contributed by atoms with Crippen LogP contribution in [-0.2, 0) is 0 Å². The lowest BCUT2D eigenvalue weighted by molar-refractivity contribution is 0.586. The van der Waals surface area contributed by atoms with Crippen LogP contribution in [0.4, 0.5) is 14.5 Å². The Balaban J connectivity index is 2.22. The highest BCUT2D eigenvalue weighted by Crippen LogP contribution is 2.16. The first kappa shape index (κ1) is 11.7. The summed E-state index contributed by atoms with van der Waals surface area (Å²) in [6, 6.07) is 4.87. The molecular weight excluding hydrogens is 242 g/mol. The van der Waals surface area contributed by atoms with Crippen molar-refractivity contribution in [3.8, 4) is 6.07 Å². The predicted molar refractivity (Wildman–Crippen MR) is 57.7 cm³/mol. The van der Waals surface area contributed by atoms with Crippen LogP contribution < -0.4 is 5.32 Å². The zero-order valence-electron chi connectivity index (χ0n) is 8.85. The van der Waals surface area contributed by atoms with Crippen LogP contribution >= 0.6 is 0 Å². The molecule has 1 heterocycles. The highest BCUT2D eigenvalue weighted by molar-refractivity contribution is 5.74. The van der Waals surface area contributed by atoms with Crippen LogP contribution in [0.15, 0.2) is 24.4 Å². The van der Waals surface area contributed by atoms with Gasteiger partial charge in [-0.3, -0.25) is 0 Å². The molecule has 0 atom stereocenters. The lowest BCUT2D eigenvalue weighted by Crippen LogP contribution is -1.95. The van der Waals surface area contributed by atoms with Gasteiger partial charge in [-0.25, -0.2) is 8.78 Å². The Hall–Kier alpha value is -2.82. The number of tetrazole rings is 1. The zero-order chi connectivity index (χ0) is 13.0. The Morgan fingerprint density at radius 2 is 2.28 bits per heavy atom. The molecule has 0 fully saturated rings. The summed E-state index contributed by atoms with van der Waals surface area (Å²) in [6.07, 6.45) is 1.21. The second kappa shape index (κ2) is 5.01. The molecule has 90 valence electrons. The number of aromatic nitrogens is 4. The van der Waals surface area contributed by atoms with E-state index in [1.165, 1.54) is 12.3 Å². The fourth-order valence-corrected chi connectivity index (χ4v) is 1.18. The van der Waals surface area contributed by atoms with E-state index in [1.807, 2.05) is 6.07 Å². The van der Waals surface area contributed by atoms with Crippen LogP contribution in [0.3, 0.4) is 0 Å². The van der Waals surface area contributed by atoms with Crippen LogP contribution in [0.1, 0.15) is 5.82 Å². The number of nitrogens with one attached hydrogen (secondary N) is 2. The van der Waals surface area contributed by atoms with Crippen LogP contribution in [0.2, 0.25) is 0 Å². The van der Waals surface area contributed by atoms with Gasteiger partial charge in [-0.15, -0.1) is 10.2 Å². The fourth-order valence-electron chi connectivity index (χ4n) is 1.18. The molecule has 6 nitrogen and oxygen atoms in total. The standard InChI is InChI=1S/C10H6F2N6/c11-7-1-2-9(8(12)3-7)14-5-6(4-13)10-15-17-18-16-10/h1-3,5,14H,(H,15,16,17,18)/b6-5-. The number of allylic oxidation sites excluding steroid dienone is 1. The van der Waals surface area contributed by atoms with Crippen LogP contribution in [0, 0.1) is 23.0 Å². The highest BCUT2D eigenvalue weighted by atomic mass is 19.1. The Morgan fingerprint density at radius 3 is 2.89 bits per heavy atom. The Labute approximate surface area is 99.9 Å². The number of hydrogen-bond donors (Lipinski definition) is 2. The molecule has 0 unspecified atom stereocenters. The smallest absolute Gasteiger partial charge is 0.216 e. The first-order chi connectivity index (χ1) is 8.70. The van der Waals surface area contributed by atoms with Crippen molar-refractivity contribution in [1.29, 1.82) is 5.26 Å². The lowest BCUT2D eigenvalue weighted by Gasteiger charge is -2.02. The van der Waals surface area contributed by atoms with Gasteiger partial charge in [0.2, 0.25) is 5.82 Å². The SMILES string of the molecule is N#C/C(=C/Nc1ccc(F)cc1F)c1nn[nH]n1. The van der Waals surface area contributed by atoms with Crippen molar-refractivity contribution < 1.29 is 8.78 Å². The molecule has 0 aliphatic carbocycles. The van der Waals surface area contributed by atoms with E-state index < -0.39 is 11.6 Å². The van der Waals surface area contributed by atoms with E-state index in [0.29, 0.717) is 0 Å². The van der Waals surface area contributed by atoms with Gasteiger partial charge >= 0.3 is 0 Å². The lowest BCUT2D eigenvalue weighted by atomic mass is 10.2. The maximum absolute atomic E-state index is 13.3. The molecule has 0 saturated carbocycles. The molecule has 1 aromatic heterocycles. The summed E-state index contributed by atoms with van der Waals surface area (Å²) in [7, 11) is 0. The molecule has 2 rings (SSSR count). The predicted octanol–water partition coefficient (Wildman–Crippen LogP) is 1.45. The van der Waals surface area contributed by atoms with Crippen molar-refractivity contribution in [1.82, 2.24) is 20.6 Å². The maximum atomic E-state index is 13.3. The van der Waals surface area contributed by atoms with Crippen molar-refractivity contribution in [3.63, 3.8) is 0 Å². The molecule has 0 amide bonds. The van der Waals surface area contributed by atoms with Gasteiger partial charge in [-0.2, -0.15) is 10.5 Å². The van der Waals surface area contributed by atoms with E-state index in [1.54, 1.807) is 0 Å². The minimum absolute atomic E-state index is 0.0349. The summed E-state index contributed by atoms with van der Waals surface area (Å²) in [5.74, 6) is -1.37. The van der Waals surface area contributed by atoms with E-state index >= 15 is 0 Å². The number of aromatic amines is 1. The molecule has 2 N–H and O–H groups in total. The first-order valence-electron chi connectivity index (χ1n) is 4.76. The molecule has 0 saturated heterocycles. The third-order valence-electron chi connectivity index (χ3n) is 2.01. The molecule has 1 aromatic carbocycles. The van der Waals surface area contributed by atoms with Gasteiger partial charge in [-0.05, 0) is 17.3 Å². The first-order valence-corrected chi connectivity index (χ1v) is 4.76. The summed E-state index contributed by atoms with van der Waals surface area (Å²) in [5, 5.41) is 24.1. The van der Waals surface area contributed by atoms with Gasteiger partial charge in [-0.1, -0.05) is 0 Å². The summed E-state index contributed by atoms with van der Waals surface area (Å²) >= 11 is 0. The second-order valence-corrected chi connectivity index (χ2v) is 3.17. The molecule has 0 aliphatic heterocycles. The number of benzene rings is 1. The van der Waals surface area contributed by atoms with E-state index in [0.717, 1.165) is 12.1 Å². The molecule has 0 aliphatic rings. The average molecular weight is 248 g/mol. The number of anilines is 1. The highest BCUT2D eigenvalue weighted by Gasteiger charge is 2.07. The number of hydrogen-bond acceptors (Lipinski definition) is 5. The van der Waals surface area contributed by atoms with Crippen LogP contribution in [0.5, 0.6) is 0 Å². The topological polar surface area (TPSA) is 90.3 Å². The van der Waals surface area contributed by atoms with E-state index in [-0.39, 0.29) is 17.1 Å². The third-order valence-corrected chi connectivity index (χ3v) is 2.01. The third kappa shape index (κ3) is 2.46. The van der Waals surface area contributed by atoms with E-state index in [2.05, 4.69) is 25.9 Å². The molecule has 18 heavy (non-hydrogen) atoms. The van der Waals surface area contributed by atoms with Crippen LogP contribution in [-0.4, -0.2) is 20.6 Å². The van der Waals surface area contributed by atoms with E-state index in [4.69, 9.17) is 5.26 Å².